The van der Waals surface area contributed by atoms with Gasteiger partial charge in [0, 0.05) is 49.4 Å². The summed E-state index contributed by atoms with van der Waals surface area (Å²) in [4.78, 5) is 14.8. The van der Waals surface area contributed by atoms with Crippen molar-refractivity contribution in [3.05, 3.63) is 53.3 Å². The third kappa shape index (κ3) is 3.68. The average molecular weight is 313 g/mol. The fraction of sp³-hybridized carbons (Fsp3) is 0.444. The fourth-order valence-electron chi connectivity index (χ4n) is 2.96. The lowest BCUT2D eigenvalue weighted by atomic mass is 10.0. The van der Waals surface area contributed by atoms with Crippen LogP contribution in [0.3, 0.4) is 0 Å². The number of aryl methyl sites for hydroxylation is 1. The predicted molar refractivity (Wildman–Crippen MR) is 88.4 cm³/mol. The van der Waals surface area contributed by atoms with Crippen molar-refractivity contribution in [2.75, 3.05) is 19.8 Å². The molecule has 2 heterocycles. The molecule has 0 bridgehead atoms. The Kier molecular flexibility index (Phi) is 4.88. The van der Waals surface area contributed by atoms with E-state index in [0.29, 0.717) is 13.0 Å². The third-order valence-corrected chi connectivity index (χ3v) is 4.58. The monoisotopic (exact) mass is 313 g/mol. The van der Waals surface area contributed by atoms with Crippen LogP contribution in [0.15, 0.2) is 36.5 Å². The zero-order chi connectivity index (χ0) is 16.2. The van der Waals surface area contributed by atoms with Crippen LogP contribution in [0, 0.1) is 6.92 Å². The normalized spacial score (nSPS) is 19.0. The molecule has 23 heavy (non-hydrogen) atoms. The van der Waals surface area contributed by atoms with Gasteiger partial charge in [-0.05, 0) is 6.92 Å². The molecule has 1 aliphatic rings. The number of carbonyl (C=O) groups is 1. The van der Waals surface area contributed by atoms with Crippen molar-refractivity contribution >= 4 is 5.78 Å². The summed E-state index contributed by atoms with van der Waals surface area (Å²) in [5.41, 5.74) is 3.16. The molecule has 0 amide bonds. The minimum absolute atomic E-state index is 0.121. The Morgan fingerprint density at radius 1 is 1.35 bits per heavy atom. The summed E-state index contributed by atoms with van der Waals surface area (Å²) in [6.45, 7) is 5.07. The summed E-state index contributed by atoms with van der Waals surface area (Å²) in [6.07, 6.45) is 2.41. The first-order valence-corrected chi connectivity index (χ1v) is 8.02. The molecule has 1 aliphatic heterocycles. The van der Waals surface area contributed by atoms with E-state index in [1.54, 1.807) is 0 Å². The van der Waals surface area contributed by atoms with Crippen LogP contribution in [0.2, 0.25) is 0 Å². The van der Waals surface area contributed by atoms with Crippen LogP contribution < -0.4 is 0 Å². The summed E-state index contributed by atoms with van der Waals surface area (Å²) >= 11 is 0. The molecule has 1 aromatic carbocycles. The molecule has 3 rings (SSSR count). The molecule has 1 saturated heterocycles. The Balaban J connectivity index is 1.69. The van der Waals surface area contributed by atoms with Gasteiger partial charge in [0.15, 0.2) is 5.78 Å². The molecule has 122 valence electrons. The Labute approximate surface area is 136 Å². The van der Waals surface area contributed by atoms with Crippen molar-refractivity contribution in [2.45, 2.75) is 25.9 Å². The van der Waals surface area contributed by atoms with E-state index >= 15 is 0 Å². The maximum absolute atomic E-state index is 12.5. The van der Waals surface area contributed by atoms with Crippen LogP contribution in [0.5, 0.6) is 0 Å². The summed E-state index contributed by atoms with van der Waals surface area (Å²) in [5.74, 6) is 0.175. The highest BCUT2D eigenvalue weighted by atomic mass is 16.5. The van der Waals surface area contributed by atoms with Crippen molar-refractivity contribution in [3.8, 4) is 0 Å². The van der Waals surface area contributed by atoms with Crippen molar-refractivity contribution in [1.82, 2.24) is 14.7 Å². The summed E-state index contributed by atoms with van der Waals surface area (Å²) in [6, 6.07) is 9.61. The van der Waals surface area contributed by atoms with Gasteiger partial charge in [-0.15, -0.1) is 0 Å². The second-order valence-corrected chi connectivity index (χ2v) is 6.07. The number of nitrogens with zero attached hydrogens (tertiary/aromatic N) is 3. The molecule has 1 atom stereocenters. The van der Waals surface area contributed by atoms with Gasteiger partial charge >= 0.3 is 0 Å². The number of Topliss-reactive ketones (excluding diaryl/α,β-unsaturated/α-hetero) is 1. The number of aromatic nitrogens is 2. The lowest BCUT2D eigenvalue weighted by Crippen LogP contribution is -2.45. The fourth-order valence-corrected chi connectivity index (χ4v) is 2.96. The molecule has 0 N–H and O–H groups in total. The first-order valence-electron chi connectivity index (χ1n) is 8.02. The van der Waals surface area contributed by atoms with Crippen molar-refractivity contribution in [3.63, 3.8) is 0 Å². The lowest BCUT2D eigenvalue weighted by molar-refractivity contribution is -0.0126. The molecule has 1 aromatic heterocycles. The Hall–Kier alpha value is -1.98. The van der Waals surface area contributed by atoms with Gasteiger partial charge in [0.1, 0.15) is 0 Å². The number of ketones is 1. The topological polar surface area (TPSA) is 47.4 Å². The first kappa shape index (κ1) is 15.9. The van der Waals surface area contributed by atoms with E-state index in [4.69, 9.17) is 4.74 Å². The highest BCUT2D eigenvalue weighted by Crippen LogP contribution is 2.18. The standard InChI is InChI=1S/C18H23N3O2/c1-14-16(11-19-20(14)2)12-21-8-9-23-13-17(21)10-18(22)15-6-4-3-5-7-15/h3-7,11,17H,8-10,12-13H2,1-2H3/t17-/m0/s1. The van der Waals surface area contributed by atoms with Crippen LogP contribution in [0.25, 0.3) is 0 Å². The van der Waals surface area contributed by atoms with Crippen LogP contribution in [0.1, 0.15) is 28.0 Å². The Morgan fingerprint density at radius 2 is 2.13 bits per heavy atom. The van der Waals surface area contributed by atoms with Crippen LogP contribution in [0.4, 0.5) is 0 Å². The summed E-state index contributed by atoms with van der Waals surface area (Å²) in [7, 11) is 1.95. The molecular weight excluding hydrogens is 290 g/mol. The van der Waals surface area contributed by atoms with Crippen LogP contribution in [-0.4, -0.2) is 46.3 Å². The van der Waals surface area contributed by atoms with Crippen molar-refractivity contribution < 1.29 is 9.53 Å². The maximum atomic E-state index is 12.5. The smallest absolute Gasteiger partial charge is 0.164 e. The van der Waals surface area contributed by atoms with Gasteiger partial charge in [-0.1, -0.05) is 30.3 Å². The van der Waals surface area contributed by atoms with Gasteiger partial charge in [0.05, 0.1) is 19.4 Å². The van der Waals surface area contributed by atoms with E-state index in [2.05, 4.69) is 16.9 Å². The highest BCUT2D eigenvalue weighted by Gasteiger charge is 2.26. The molecule has 5 heteroatoms. The van der Waals surface area contributed by atoms with Gasteiger partial charge in [-0.25, -0.2) is 0 Å². The molecule has 2 aromatic rings. The predicted octanol–water partition coefficient (Wildman–Crippen LogP) is 2.20. The number of morpholine rings is 1. The number of ether oxygens (including phenoxy) is 1. The largest absolute Gasteiger partial charge is 0.378 e. The lowest BCUT2D eigenvalue weighted by Gasteiger charge is -2.35. The van der Waals surface area contributed by atoms with Gasteiger partial charge < -0.3 is 4.74 Å². The second kappa shape index (κ2) is 7.06. The van der Waals surface area contributed by atoms with Crippen LogP contribution in [-0.2, 0) is 18.3 Å². The zero-order valence-electron chi connectivity index (χ0n) is 13.7. The molecule has 1 fully saturated rings. The average Bonchev–Trinajstić information content (AvgIpc) is 2.89. The number of rotatable bonds is 5. The van der Waals surface area contributed by atoms with E-state index in [1.165, 1.54) is 11.3 Å². The summed E-state index contributed by atoms with van der Waals surface area (Å²) < 4.78 is 7.50. The van der Waals surface area contributed by atoms with Crippen LogP contribution >= 0.6 is 0 Å². The van der Waals surface area contributed by atoms with Gasteiger partial charge in [0.2, 0.25) is 0 Å². The Bertz CT molecular complexity index is 666. The molecule has 0 unspecified atom stereocenters. The number of hydrogen-bond donors (Lipinski definition) is 0. The highest BCUT2D eigenvalue weighted by molar-refractivity contribution is 5.96. The zero-order valence-corrected chi connectivity index (χ0v) is 13.7. The quantitative estimate of drug-likeness (QED) is 0.794. The summed E-state index contributed by atoms with van der Waals surface area (Å²) in [5, 5.41) is 4.31. The van der Waals surface area contributed by atoms with E-state index in [9.17, 15) is 4.79 Å². The van der Waals surface area contributed by atoms with E-state index in [-0.39, 0.29) is 11.8 Å². The van der Waals surface area contributed by atoms with Crippen molar-refractivity contribution in [2.24, 2.45) is 7.05 Å². The van der Waals surface area contributed by atoms with E-state index in [1.807, 2.05) is 48.3 Å². The minimum atomic E-state index is 0.121. The van der Waals surface area contributed by atoms with E-state index in [0.717, 1.165) is 25.3 Å². The van der Waals surface area contributed by atoms with Gasteiger partial charge in [-0.2, -0.15) is 5.10 Å². The number of hydrogen-bond acceptors (Lipinski definition) is 4. The molecule has 0 saturated carbocycles. The number of benzene rings is 1. The first-order chi connectivity index (χ1) is 11.1. The number of carbonyl (C=O) groups excluding carboxylic acids is 1. The van der Waals surface area contributed by atoms with E-state index < -0.39 is 0 Å². The second-order valence-electron chi connectivity index (χ2n) is 6.07. The Morgan fingerprint density at radius 3 is 2.83 bits per heavy atom. The third-order valence-electron chi connectivity index (χ3n) is 4.58. The molecule has 5 nitrogen and oxygen atoms in total. The molecular formula is C18H23N3O2. The molecule has 0 spiro atoms. The maximum Gasteiger partial charge on any atom is 0.164 e. The van der Waals surface area contributed by atoms with Crippen molar-refractivity contribution in [1.29, 1.82) is 0 Å². The van der Waals surface area contributed by atoms with Gasteiger partial charge in [-0.3, -0.25) is 14.4 Å². The minimum Gasteiger partial charge on any atom is -0.378 e. The SMILES string of the molecule is Cc1c(CN2CCOC[C@@H]2CC(=O)c2ccccc2)cnn1C. The molecule has 0 radical (unpaired) electrons. The van der Waals surface area contributed by atoms with Gasteiger partial charge in [0.25, 0.3) is 0 Å². The molecule has 0 aliphatic carbocycles.